The normalized spacial score (nSPS) is 15.3. The molecule has 7 heteroatoms. The van der Waals surface area contributed by atoms with Crippen molar-refractivity contribution in [2.24, 2.45) is 0 Å². The van der Waals surface area contributed by atoms with E-state index in [9.17, 15) is 13.2 Å². The van der Waals surface area contributed by atoms with Crippen LogP contribution in [0.25, 0.3) is 0 Å². The van der Waals surface area contributed by atoms with Gasteiger partial charge in [0.25, 0.3) is 0 Å². The van der Waals surface area contributed by atoms with E-state index in [0.29, 0.717) is 12.2 Å². The summed E-state index contributed by atoms with van der Waals surface area (Å²) in [5, 5.41) is 0. The molecule has 0 saturated heterocycles. The molecule has 1 fully saturated rings. The molecular weight excluding hydrogens is 280 g/mol. The Bertz CT molecular complexity index is 623. The SMILES string of the molecule is CCN(C1CC1)S(=O)(=O)c1ccc(N)cc1C(=O)OC. The van der Waals surface area contributed by atoms with Gasteiger partial charge in [-0.05, 0) is 31.0 Å². The van der Waals surface area contributed by atoms with Gasteiger partial charge in [0, 0.05) is 18.3 Å². The number of anilines is 1. The van der Waals surface area contributed by atoms with Crippen LogP contribution in [0.1, 0.15) is 30.1 Å². The standard InChI is InChI=1S/C13H18N2O4S/c1-3-15(10-5-6-10)20(17,18)12-7-4-9(14)8-11(12)13(16)19-2/h4,7-8,10H,3,5-6,14H2,1-2H3. The first-order valence-corrected chi connectivity index (χ1v) is 7.85. The third-order valence-electron chi connectivity index (χ3n) is 3.26. The highest BCUT2D eigenvalue weighted by atomic mass is 32.2. The molecule has 0 radical (unpaired) electrons. The van der Waals surface area contributed by atoms with Crippen LogP contribution in [-0.4, -0.2) is 38.4 Å². The van der Waals surface area contributed by atoms with Crippen molar-refractivity contribution in [2.45, 2.75) is 30.7 Å². The summed E-state index contributed by atoms with van der Waals surface area (Å²) in [5.41, 5.74) is 5.92. The second-order valence-corrected chi connectivity index (χ2v) is 6.55. The van der Waals surface area contributed by atoms with Gasteiger partial charge in [0.05, 0.1) is 17.6 Å². The average Bonchev–Trinajstić information content (AvgIpc) is 3.22. The van der Waals surface area contributed by atoms with Gasteiger partial charge < -0.3 is 10.5 Å². The zero-order chi connectivity index (χ0) is 14.9. The molecule has 0 unspecified atom stereocenters. The van der Waals surface area contributed by atoms with E-state index in [1.54, 1.807) is 6.92 Å². The Balaban J connectivity index is 2.53. The number of rotatable bonds is 5. The highest BCUT2D eigenvalue weighted by Crippen LogP contribution is 2.33. The van der Waals surface area contributed by atoms with Crippen molar-refractivity contribution < 1.29 is 17.9 Å². The Kier molecular flexibility index (Phi) is 4.01. The van der Waals surface area contributed by atoms with Crippen molar-refractivity contribution in [2.75, 3.05) is 19.4 Å². The Hall–Kier alpha value is -1.60. The lowest BCUT2D eigenvalue weighted by Gasteiger charge is -2.21. The van der Waals surface area contributed by atoms with Gasteiger partial charge in [0.2, 0.25) is 10.0 Å². The largest absolute Gasteiger partial charge is 0.465 e. The molecule has 0 spiro atoms. The quantitative estimate of drug-likeness (QED) is 0.652. The van der Waals surface area contributed by atoms with Gasteiger partial charge in [0.1, 0.15) is 0 Å². The molecule has 0 aliphatic heterocycles. The van der Waals surface area contributed by atoms with Crippen molar-refractivity contribution in [3.05, 3.63) is 23.8 Å². The summed E-state index contributed by atoms with van der Waals surface area (Å²) in [7, 11) is -2.50. The number of benzene rings is 1. The van der Waals surface area contributed by atoms with Gasteiger partial charge in [0.15, 0.2) is 0 Å². The first-order chi connectivity index (χ1) is 9.41. The second-order valence-electron chi connectivity index (χ2n) is 4.69. The predicted octanol–water partition coefficient (Wildman–Crippen LogP) is 1.23. The van der Waals surface area contributed by atoms with E-state index in [1.807, 2.05) is 0 Å². The van der Waals surface area contributed by atoms with Crippen LogP contribution >= 0.6 is 0 Å². The number of ether oxygens (including phenoxy) is 1. The first-order valence-electron chi connectivity index (χ1n) is 6.41. The van der Waals surface area contributed by atoms with E-state index in [4.69, 9.17) is 5.73 Å². The number of hydrogen-bond acceptors (Lipinski definition) is 5. The van der Waals surface area contributed by atoms with Crippen LogP contribution in [0.3, 0.4) is 0 Å². The molecule has 0 amide bonds. The van der Waals surface area contributed by atoms with Crippen molar-refractivity contribution in [1.29, 1.82) is 0 Å². The van der Waals surface area contributed by atoms with Crippen molar-refractivity contribution in [3.63, 3.8) is 0 Å². The van der Waals surface area contributed by atoms with Gasteiger partial charge >= 0.3 is 5.97 Å². The van der Waals surface area contributed by atoms with Crippen molar-refractivity contribution in [3.8, 4) is 0 Å². The number of nitrogens with two attached hydrogens (primary N) is 1. The molecule has 1 aliphatic rings. The molecule has 1 saturated carbocycles. The minimum atomic E-state index is -3.71. The van der Waals surface area contributed by atoms with E-state index in [0.717, 1.165) is 12.8 Å². The zero-order valence-corrected chi connectivity index (χ0v) is 12.3. The number of hydrogen-bond donors (Lipinski definition) is 1. The van der Waals surface area contributed by atoms with Crippen LogP contribution in [0.5, 0.6) is 0 Å². The van der Waals surface area contributed by atoms with Gasteiger partial charge in [-0.1, -0.05) is 6.92 Å². The molecular formula is C13H18N2O4S. The zero-order valence-electron chi connectivity index (χ0n) is 11.5. The lowest BCUT2D eigenvalue weighted by molar-refractivity contribution is 0.0596. The van der Waals surface area contributed by atoms with Crippen molar-refractivity contribution >= 4 is 21.7 Å². The molecule has 2 rings (SSSR count). The molecule has 0 heterocycles. The monoisotopic (exact) mass is 298 g/mol. The van der Waals surface area contributed by atoms with Crippen LogP contribution in [0.4, 0.5) is 5.69 Å². The molecule has 2 N–H and O–H groups in total. The molecule has 1 aromatic carbocycles. The molecule has 0 bridgehead atoms. The molecule has 0 aromatic heterocycles. The fourth-order valence-corrected chi connectivity index (χ4v) is 4.01. The van der Waals surface area contributed by atoms with Crippen LogP contribution in [0.15, 0.2) is 23.1 Å². The Morgan fingerprint density at radius 1 is 1.45 bits per heavy atom. The number of carbonyl (C=O) groups excluding carboxylic acids is 1. The minimum absolute atomic E-state index is 0.0217. The number of nitrogens with zero attached hydrogens (tertiary/aromatic N) is 1. The van der Waals surface area contributed by atoms with Crippen LogP contribution < -0.4 is 5.73 Å². The first kappa shape index (κ1) is 14.8. The van der Waals surface area contributed by atoms with Crippen LogP contribution in [0, 0.1) is 0 Å². The van der Waals surface area contributed by atoms with Gasteiger partial charge in [-0.2, -0.15) is 4.31 Å². The lowest BCUT2D eigenvalue weighted by Crippen LogP contribution is -2.34. The smallest absolute Gasteiger partial charge is 0.339 e. The van der Waals surface area contributed by atoms with E-state index in [-0.39, 0.29) is 16.5 Å². The maximum atomic E-state index is 12.7. The van der Waals surface area contributed by atoms with Crippen LogP contribution in [0.2, 0.25) is 0 Å². The number of carbonyl (C=O) groups is 1. The van der Waals surface area contributed by atoms with E-state index in [1.165, 1.54) is 29.6 Å². The molecule has 1 aliphatic carbocycles. The summed E-state index contributed by atoms with van der Waals surface area (Å²) in [6.07, 6.45) is 1.71. The second kappa shape index (κ2) is 5.41. The van der Waals surface area contributed by atoms with Crippen molar-refractivity contribution in [1.82, 2.24) is 4.31 Å². The predicted molar refractivity (Wildman–Crippen MR) is 74.8 cm³/mol. The van der Waals surface area contributed by atoms with E-state index < -0.39 is 16.0 Å². The average molecular weight is 298 g/mol. The van der Waals surface area contributed by atoms with Gasteiger partial charge in [-0.15, -0.1) is 0 Å². The molecule has 110 valence electrons. The summed E-state index contributed by atoms with van der Waals surface area (Å²) in [5.74, 6) is -0.706. The third kappa shape index (κ3) is 2.64. The highest BCUT2D eigenvalue weighted by Gasteiger charge is 2.38. The number of sulfonamides is 1. The number of methoxy groups -OCH3 is 1. The van der Waals surface area contributed by atoms with Gasteiger partial charge in [-0.25, -0.2) is 13.2 Å². The topological polar surface area (TPSA) is 89.7 Å². The maximum Gasteiger partial charge on any atom is 0.339 e. The fraction of sp³-hybridized carbons (Fsp3) is 0.462. The molecule has 20 heavy (non-hydrogen) atoms. The maximum absolute atomic E-state index is 12.7. The molecule has 0 atom stereocenters. The fourth-order valence-electron chi connectivity index (χ4n) is 2.16. The third-order valence-corrected chi connectivity index (χ3v) is 5.35. The number of esters is 1. The van der Waals surface area contributed by atoms with E-state index >= 15 is 0 Å². The number of nitrogen functional groups attached to an aromatic ring is 1. The van der Waals surface area contributed by atoms with Gasteiger partial charge in [-0.3, -0.25) is 0 Å². The molecule has 6 nitrogen and oxygen atoms in total. The summed E-state index contributed by atoms with van der Waals surface area (Å²) in [6.45, 7) is 2.16. The Morgan fingerprint density at radius 3 is 2.60 bits per heavy atom. The Labute approximate surface area is 118 Å². The Morgan fingerprint density at radius 2 is 2.10 bits per heavy atom. The minimum Gasteiger partial charge on any atom is -0.465 e. The van der Waals surface area contributed by atoms with E-state index in [2.05, 4.69) is 4.74 Å². The lowest BCUT2D eigenvalue weighted by atomic mass is 10.2. The molecule has 1 aromatic rings. The summed E-state index contributed by atoms with van der Waals surface area (Å²) >= 11 is 0. The highest BCUT2D eigenvalue weighted by molar-refractivity contribution is 7.89. The summed E-state index contributed by atoms with van der Waals surface area (Å²) < 4.78 is 31.4. The summed E-state index contributed by atoms with van der Waals surface area (Å²) in [6, 6.07) is 4.20. The summed E-state index contributed by atoms with van der Waals surface area (Å²) in [4.78, 5) is 11.7. The van der Waals surface area contributed by atoms with Crippen LogP contribution in [-0.2, 0) is 14.8 Å².